The van der Waals surface area contributed by atoms with Crippen molar-refractivity contribution in [2.24, 2.45) is 0 Å². The van der Waals surface area contributed by atoms with Gasteiger partial charge in [-0.2, -0.15) is 0 Å². The maximum absolute atomic E-state index is 13.6. The molecule has 0 aliphatic heterocycles. The molecule has 5 nitrogen and oxygen atoms in total. The summed E-state index contributed by atoms with van der Waals surface area (Å²) >= 11 is 0. The van der Waals surface area contributed by atoms with Gasteiger partial charge in [-0.3, -0.25) is 0 Å². The van der Waals surface area contributed by atoms with E-state index in [0.29, 0.717) is 11.3 Å². The predicted molar refractivity (Wildman–Crippen MR) is 70.6 cm³/mol. The van der Waals surface area contributed by atoms with Gasteiger partial charge in [0.05, 0.1) is 5.69 Å². The Hall–Kier alpha value is -2.34. The number of halogens is 1. The highest BCUT2D eigenvalue weighted by Crippen LogP contribution is 2.16. The van der Waals surface area contributed by atoms with E-state index in [9.17, 15) is 9.18 Å². The number of benzene rings is 1. The van der Waals surface area contributed by atoms with Crippen molar-refractivity contribution in [2.75, 3.05) is 0 Å². The minimum Gasteiger partial charge on any atom is -0.478 e. The third-order valence-corrected chi connectivity index (χ3v) is 2.97. The first-order valence-electron chi connectivity index (χ1n) is 6.09. The summed E-state index contributed by atoms with van der Waals surface area (Å²) < 4.78 is 13.6. The van der Waals surface area contributed by atoms with Crippen molar-refractivity contribution < 1.29 is 14.3 Å². The molecule has 104 valence electrons. The minimum absolute atomic E-state index is 0.0423. The van der Waals surface area contributed by atoms with Crippen LogP contribution in [0.2, 0.25) is 0 Å². The SMILES string of the molecule is CC(NCc1ncncc1C(=O)O)c1ccccc1F. The van der Waals surface area contributed by atoms with Gasteiger partial charge in [0.2, 0.25) is 0 Å². The summed E-state index contributed by atoms with van der Waals surface area (Å²) in [5.74, 6) is -1.38. The van der Waals surface area contributed by atoms with Crippen molar-refractivity contribution in [1.29, 1.82) is 0 Å². The van der Waals surface area contributed by atoms with Crippen molar-refractivity contribution >= 4 is 5.97 Å². The highest BCUT2D eigenvalue weighted by atomic mass is 19.1. The van der Waals surface area contributed by atoms with Crippen LogP contribution in [0.3, 0.4) is 0 Å². The Morgan fingerprint density at radius 3 is 2.90 bits per heavy atom. The topological polar surface area (TPSA) is 75.1 Å². The van der Waals surface area contributed by atoms with Crippen LogP contribution in [0.5, 0.6) is 0 Å². The first-order chi connectivity index (χ1) is 9.59. The van der Waals surface area contributed by atoms with Gasteiger partial charge >= 0.3 is 5.97 Å². The molecule has 0 aliphatic rings. The van der Waals surface area contributed by atoms with Gasteiger partial charge in [0.25, 0.3) is 0 Å². The molecule has 2 aromatic rings. The van der Waals surface area contributed by atoms with Gasteiger partial charge in [-0.05, 0) is 13.0 Å². The zero-order chi connectivity index (χ0) is 14.5. The van der Waals surface area contributed by atoms with E-state index < -0.39 is 5.97 Å². The largest absolute Gasteiger partial charge is 0.478 e. The third-order valence-electron chi connectivity index (χ3n) is 2.97. The average Bonchev–Trinajstić information content (AvgIpc) is 2.45. The van der Waals surface area contributed by atoms with Gasteiger partial charge in [0.1, 0.15) is 17.7 Å². The lowest BCUT2D eigenvalue weighted by Crippen LogP contribution is -2.21. The fraction of sp³-hybridized carbons (Fsp3) is 0.214. The molecular weight excluding hydrogens is 261 g/mol. The van der Waals surface area contributed by atoms with Crippen LogP contribution in [0.25, 0.3) is 0 Å². The molecule has 1 heterocycles. The van der Waals surface area contributed by atoms with Gasteiger partial charge in [-0.15, -0.1) is 0 Å². The number of hydrogen-bond acceptors (Lipinski definition) is 4. The number of rotatable bonds is 5. The standard InChI is InChI=1S/C14H14FN3O2/c1-9(10-4-2-3-5-12(10)15)17-7-13-11(14(19)20)6-16-8-18-13/h2-6,8-9,17H,7H2,1H3,(H,19,20). The van der Waals surface area contributed by atoms with Gasteiger partial charge in [0, 0.05) is 24.3 Å². The first kappa shape index (κ1) is 14.1. The summed E-state index contributed by atoms with van der Waals surface area (Å²) in [6.07, 6.45) is 2.54. The van der Waals surface area contributed by atoms with Gasteiger partial charge in [0.15, 0.2) is 0 Å². The fourth-order valence-corrected chi connectivity index (χ4v) is 1.86. The van der Waals surface area contributed by atoms with Crippen molar-refractivity contribution in [3.05, 3.63) is 59.4 Å². The number of nitrogens with zero attached hydrogens (tertiary/aromatic N) is 2. The number of carboxylic acid groups (broad SMARTS) is 1. The molecule has 0 radical (unpaired) electrons. The fourth-order valence-electron chi connectivity index (χ4n) is 1.86. The summed E-state index contributed by atoms with van der Waals surface area (Å²) in [5.41, 5.74) is 0.940. The first-order valence-corrected chi connectivity index (χ1v) is 6.09. The molecule has 6 heteroatoms. The minimum atomic E-state index is -1.08. The summed E-state index contributed by atoms with van der Waals surface area (Å²) in [5, 5.41) is 12.1. The second kappa shape index (κ2) is 6.21. The quantitative estimate of drug-likeness (QED) is 0.874. The molecule has 0 saturated carbocycles. The number of carboxylic acids is 1. The Balaban J connectivity index is 2.10. The van der Waals surface area contributed by atoms with Crippen LogP contribution in [0.1, 0.15) is 34.6 Å². The van der Waals surface area contributed by atoms with E-state index in [-0.39, 0.29) is 24.0 Å². The van der Waals surface area contributed by atoms with Gasteiger partial charge < -0.3 is 10.4 Å². The van der Waals surface area contributed by atoms with E-state index >= 15 is 0 Å². The molecular formula is C14H14FN3O2. The van der Waals surface area contributed by atoms with Crippen LogP contribution in [-0.2, 0) is 6.54 Å². The molecule has 1 unspecified atom stereocenters. The monoisotopic (exact) mass is 275 g/mol. The molecule has 0 amide bonds. The van der Waals surface area contributed by atoms with Crippen molar-refractivity contribution in [2.45, 2.75) is 19.5 Å². The Bertz CT molecular complexity index is 619. The lowest BCUT2D eigenvalue weighted by Gasteiger charge is -2.15. The number of aromatic carboxylic acids is 1. The molecule has 1 aromatic carbocycles. The van der Waals surface area contributed by atoms with Crippen LogP contribution >= 0.6 is 0 Å². The van der Waals surface area contributed by atoms with Crippen molar-refractivity contribution in [3.63, 3.8) is 0 Å². The molecule has 0 saturated heterocycles. The van der Waals surface area contributed by atoms with Crippen LogP contribution < -0.4 is 5.32 Å². The van der Waals surface area contributed by atoms with Gasteiger partial charge in [-0.25, -0.2) is 19.2 Å². The smallest absolute Gasteiger partial charge is 0.339 e. The van der Waals surface area contributed by atoms with E-state index in [1.807, 2.05) is 0 Å². The van der Waals surface area contributed by atoms with Crippen LogP contribution in [-0.4, -0.2) is 21.0 Å². The van der Waals surface area contributed by atoms with Crippen molar-refractivity contribution in [1.82, 2.24) is 15.3 Å². The number of carbonyl (C=O) groups is 1. The van der Waals surface area contributed by atoms with Crippen LogP contribution in [0.4, 0.5) is 4.39 Å². The zero-order valence-corrected chi connectivity index (χ0v) is 10.9. The zero-order valence-electron chi connectivity index (χ0n) is 10.9. The maximum atomic E-state index is 13.6. The highest BCUT2D eigenvalue weighted by molar-refractivity contribution is 5.88. The van der Waals surface area contributed by atoms with Crippen LogP contribution in [0, 0.1) is 5.82 Å². The van der Waals surface area contributed by atoms with E-state index in [4.69, 9.17) is 5.11 Å². The van der Waals surface area contributed by atoms with E-state index in [0.717, 1.165) is 0 Å². The normalized spacial score (nSPS) is 12.1. The average molecular weight is 275 g/mol. The second-order valence-electron chi connectivity index (χ2n) is 4.31. The summed E-state index contributed by atoms with van der Waals surface area (Å²) in [6.45, 7) is 2.03. The lowest BCUT2D eigenvalue weighted by molar-refractivity contribution is 0.0694. The Morgan fingerprint density at radius 1 is 1.45 bits per heavy atom. The number of hydrogen-bond donors (Lipinski definition) is 2. The highest BCUT2D eigenvalue weighted by Gasteiger charge is 2.14. The molecule has 0 bridgehead atoms. The molecule has 20 heavy (non-hydrogen) atoms. The second-order valence-corrected chi connectivity index (χ2v) is 4.31. The molecule has 2 rings (SSSR count). The summed E-state index contributed by atoms with van der Waals surface area (Å²) in [7, 11) is 0. The molecule has 0 fully saturated rings. The molecule has 1 atom stereocenters. The predicted octanol–water partition coefficient (Wildman–Crippen LogP) is 2.16. The third kappa shape index (κ3) is 3.16. The number of nitrogens with one attached hydrogen (secondary N) is 1. The molecule has 2 N–H and O–H groups in total. The molecule has 0 aliphatic carbocycles. The summed E-state index contributed by atoms with van der Waals surface area (Å²) in [4.78, 5) is 18.6. The number of aromatic nitrogens is 2. The van der Waals surface area contributed by atoms with E-state index in [1.54, 1.807) is 25.1 Å². The van der Waals surface area contributed by atoms with Crippen LogP contribution in [0.15, 0.2) is 36.8 Å². The molecule has 0 spiro atoms. The van der Waals surface area contributed by atoms with E-state index in [2.05, 4.69) is 15.3 Å². The Labute approximate surface area is 115 Å². The maximum Gasteiger partial charge on any atom is 0.339 e. The van der Waals surface area contributed by atoms with Crippen molar-refractivity contribution in [3.8, 4) is 0 Å². The summed E-state index contributed by atoms with van der Waals surface area (Å²) in [6, 6.07) is 6.20. The lowest BCUT2D eigenvalue weighted by atomic mass is 10.1. The molecule has 1 aromatic heterocycles. The Morgan fingerprint density at radius 2 is 2.20 bits per heavy atom. The van der Waals surface area contributed by atoms with E-state index in [1.165, 1.54) is 18.6 Å². The van der Waals surface area contributed by atoms with Gasteiger partial charge in [-0.1, -0.05) is 18.2 Å². The Kier molecular flexibility index (Phi) is 4.37.